The Morgan fingerprint density at radius 3 is 2.33 bits per heavy atom. The molecule has 166 valence electrons. The highest BCUT2D eigenvalue weighted by molar-refractivity contribution is 9.10. The number of benzene rings is 2. The summed E-state index contributed by atoms with van der Waals surface area (Å²) < 4.78 is 6.27. The molecule has 0 saturated heterocycles. The molecule has 0 saturated carbocycles. The Morgan fingerprint density at radius 2 is 1.67 bits per heavy atom. The number of rotatable bonds is 6. The van der Waals surface area contributed by atoms with Crippen LogP contribution in [0.25, 0.3) is 0 Å². The lowest BCUT2D eigenvalue weighted by Gasteiger charge is -2.21. The summed E-state index contributed by atoms with van der Waals surface area (Å²) in [6, 6.07) is 13.0. The van der Waals surface area contributed by atoms with Crippen molar-refractivity contribution < 1.29 is 23.9 Å². The van der Waals surface area contributed by atoms with Gasteiger partial charge in [0.15, 0.2) is 5.78 Å². The molecule has 2 aromatic carbocycles. The SMILES string of the molecule is Cc1cc(Br)cc(C)c1NC(=O)C(=O)[C@@H](C(=O)c1ccncc1)[C@@H]1OC(=O)c2ccccc21. The first-order chi connectivity index (χ1) is 15.8. The van der Waals surface area contributed by atoms with Crippen LogP contribution in [0.3, 0.4) is 0 Å². The number of nitrogens with one attached hydrogen (secondary N) is 1. The number of halogens is 1. The first kappa shape index (κ1) is 22.5. The van der Waals surface area contributed by atoms with Crippen LogP contribution in [0.15, 0.2) is 65.4 Å². The van der Waals surface area contributed by atoms with Gasteiger partial charge in [-0.1, -0.05) is 34.1 Å². The van der Waals surface area contributed by atoms with Crippen molar-refractivity contribution in [2.75, 3.05) is 5.32 Å². The van der Waals surface area contributed by atoms with Gasteiger partial charge in [-0.2, -0.15) is 0 Å². The van der Waals surface area contributed by atoms with E-state index in [9.17, 15) is 19.2 Å². The number of aromatic nitrogens is 1. The lowest BCUT2D eigenvalue weighted by molar-refractivity contribution is -0.138. The highest BCUT2D eigenvalue weighted by Gasteiger charge is 2.46. The van der Waals surface area contributed by atoms with Crippen molar-refractivity contribution in [3.05, 3.63) is 93.2 Å². The number of nitrogens with zero attached hydrogens (tertiary/aromatic N) is 1. The molecular weight excluding hydrogens is 488 g/mol. The number of cyclic esters (lactones) is 1. The number of ether oxygens (including phenoxy) is 1. The Morgan fingerprint density at radius 1 is 1.03 bits per heavy atom. The van der Waals surface area contributed by atoms with Crippen LogP contribution >= 0.6 is 15.9 Å². The van der Waals surface area contributed by atoms with Crippen molar-refractivity contribution in [1.82, 2.24) is 4.98 Å². The van der Waals surface area contributed by atoms with Gasteiger partial charge in [0.05, 0.1) is 5.56 Å². The number of pyridine rings is 1. The summed E-state index contributed by atoms with van der Waals surface area (Å²) >= 11 is 3.40. The molecular formula is C25H19BrN2O5. The van der Waals surface area contributed by atoms with Crippen molar-refractivity contribution in [3.8, 4) is 0 Å². The van der Waals surface area contributed by atoms with Crippen LogP contribution in [-0.2, 0) is 14.3 Å². The average molecular weight is 507 g/mol. The number of aryl methyl sites for hydroxylation is 2. The maximum atomic E-state index is 13.4. The van der Waals surface area contributed by atoms with E-state index in [-0.39, 0.29) is 11.1 Å². The zero-order chi connectivity index (χ0) is 23.7. The minimum absolute atomic E-state index is 0.188. The summed E-state index contributed by atoms with van der Waals surface area (Å²) in [4.78, 5) is 56.1. The number of ketones is 2. The summed E-state index contributed by atoms with van der Waals surface area (Å²) in [5.41, 5.74) is 2.83. The van der Waals surface area contributed by atoms with E-state index in [1.54, 1.807) is 38.1 Å². The Hall–Kier alpha value is -3.65. The maximum absolute atomic E-state index is 13.4. The van der Waals surface area contributed by atoms with Crippen LogP contribution < -0.4 is 5.32 Å². The van der Waals surface area contributed by atoms with E-state index in [1.165, 1.54) is 24.5 Å². The van der Waals surface area contributed by atoms with E-state index in [2.05, 4.69) is 26.2 Å². The minimum atomic E-state index is -1.55. The summed E-state index contributed by atoms with van der Waals surface area (Å²) in [7, 11) is 0. The molecule has 0 aliphatic carbocycles. The quantitative estimate of drug-likeness (QED) is 0.230. The Kier molecular flexibility index (Phi) is 6.20. The first-order valence-corrected chi connectivity index (χ1v) is 10.9. The zero-order valence-corrected chi connectivity index (χ0v) is 19.4. The van der Waals surface area contributed by atoms with Crippen LogP contribution in [0.5, 0.6) is 0 Å². The molecule has 2 heterocycles. The number of carbonyl (C=O) groups excluding carboxylic acids is 4. The van der Waals surface area contributed by atoms with E-state index >= 15 is 0 Å². The normalized spacial score (nSPS) is 15.4. The first-order valence-electron chi connectivity index (χ1n) is 10.1. The van der Waals surface area contributed by atoms with E-state index in [4.69, 9.17) is 4.74 Å². The number of carbonyl (C=O) groups is 4. The Labute approximate surface area is 198 Å². The highest BCUT2D eigenvalue weighted by atomic mass is 79.9. The van der Waals surface area contributed by atoms with Gasteiger partial charge in [-0.3, -0.25) is 19.4 Å². The fourth-order valence-electron chi connectivity index (χ4n) is 3.93. The lowest BCUT2D eigenvalue weighted by atomic mass is 9.84. The molecule has 1 N–H and O–H groups in total. The predicted molar refractivity (Wildman–Crippen MR) is 124 cm³/mol. The number of fused-ring (bicyclic) bond motifs is 1. The third kappa shape index (κ3) is 4.34. The smallest absolute Gasteiger partial charge is 0.339 e. The van der Waals surface area contributed by atoms with Crippen molar-refractivity contribution in [1.29, 1.82) is 0 Å². The van der Waals surface area contributed by atoms with Gasteiger partial charge in [-0.05, 0) is 55.3 Å². The second kappa shape index (κ2) is 9.07. The molecule has 0 spiro atoms. The average Bonchev–Trinajstić information content (AvgIpc) is 3.13. The van der Waals surface area contributed by atoms with Crippen LogP contribution in [0.1, 0.15) is 43.5 Å². The van der Waals surface area contributed by atoms with E-state index in [0.717, 1.165) is 15.6 Å². The molecule has 0 unspecified atom stereocenters. The second-order valence-corrected chi connectivity index (χ2v) is 8.64. The minimum Gasteiger partial charge on any atom is -0.453 e. The molecule has 8 heteroatoms. The number of amides is 1. The summed E-state index contributed by atoms with van der Waals surface area (Å²) in [6.07, 6.45) is 1.62. The number of hydrogen-bond acceptors (Lipinski definition) is 6. The van der Waals surface area contributed by atoms with Gasteiger partial charge in [-0.15, -0.1) is 0 Å². The Balaban J connectivity index is 1.72. The summed E-state index contributed by atoms with van der Waals surface area (Å²) in [6.45, 7) is 3.60. The fourth-order valence-corrected chi connectivity index (χ4v) is 4.62. The summed E-state index contributed by atoms with van der Waals surface area (Å²) in [5.74, 6) is -4.77. The lowest BCUT2D eigenvalue weighted by Crippen LogP contribution is -2.38. The second-order valence-electron chi connectivity index (χ2n) is 7.72. The van der Waals surface area contributed by atoms with Crippen LogP contribution in [-0.4, -0.2) is 28.4 Å². The topological polar surface area (TPSA) is 102 Å². The highest BCUT2D eigenvalue weighted by Crippen LogP contribution is 2.38. The van der Waals surface area contributed by atoms with Crippen molar-refractivity contribution >= 4 is 45.1 Å². The van der Waals surface area contributed by atoms with Gasteiger partial charge in [0, 0.05) is 33.7 Å². The zero-order valence-electron chi connectivity index (χ0n) is 17.8. The monoisotopic (exact) mass is 506 g/mol. The van der Waals surface area contributed by atoms with Gasteiger partial charge < -0.3 is 10.1 Å². The standard InChI is InChI=1S/C25H19BrN2O5/c1-13-11-16(26)12-14(2)20(13)28-24(31)22(30)19(21(29)15-7-9-27-10-8-15)23-17-5-3-4-6-18(17)25(32)33-23/h3-12,19,23H,1-2H3,(H,28,31)/t19-,23-/m1/s1. The third-order valence-electron chi connectivity index (χ3n) is 5.51. The molecule has 1 aliphatic rings. The third-order valence-corrected chi connectivity index (χ3v) is 5.97. The predicted octanol–water partition coefficient (Wildman–Crippen LogP) is 4.38. The van der Waals surface area contributed by atoms with Crippen LogP contribution in [0, 0.1) is 19.8 Å². The number of hydrogen-bond donors (Lipinski definition) is 1. The molecule has 3 aromatic rings. The maximum Gasteiger partial charge on any atom is 0.339 e. The van der Waals surface area contributed by atoms with E-state index < -0.39 is 35.5 Å². The number of esters is 1. The number of Topliss-reactive ketones (excluding diaryl/α,β-unsaturated/α-hetero) is 2. The molecule has 0 bridgehead atoms. The van der Waals surface area contributed by atoms with Gasteiger partial charge in [0.25, 0.3) is 5.91 Å². The van der Waals surface area contributed by atoms with Crippen molar-refractivity contribution in [3.63, 3.8) is 0 Å². The van der Waals surface area contributed by atoms with Crippen LogP contribution in [0.4, 0.5) is 5.69 Å². The van der Waals surface area contributed by atoms with Gasteiger partial charge in [0.2, 0.25) is 5.78 Å². The summed E-state index contributed by atoms with van der Waals surface area (Å²) in [5, 5.41) is 2.64. The van der Waals surface area contributed by atoms with Gasteiger partial charge in [-0.25, -0.2) is 4.79 Å². The van der Waals surface area contributed by atoms with Gasteiger partial charge in [0.1, 0.15) is 12.0 Å². The molecule has 1 aromatic heterocycles. The fraction of sp³-hybridized carbons (Fsp3) is 0.160. The molecule has 1 amide bonds. The van der Waals surface area contributed by atoms with Crippen LogP contribution in [0.2, 0.25) is 0 Å². The van der Waals surface area contributed by atoms with Gasteiger partial charge >= 0.3 is 5.97 Å². The number of anilines is 1. The molecule has 33 heavy (non-hydrogen) atoms. The molecule has 2 atom stereocenters. The van der Waals surface area contributed by atoms with E-state index in [1.807, 2.05) is 12.1 Å². The Bertz CT molecular complexity index is 1270. The van der Waals surface area contributed by atoms with E-state index in [0.29, 0.717) is 11.3 Å². The van der Waals surface area contributed by atoms with Crippen molar-refractivity contribution in [2.24, 2.45) is 5.92 Å². The molecule has 0 radical (unpaired) electrons. The molecule has 4 rings (SSSR count). The largest absolute Gasteiger partial charge is 0.453 e. The molecule has 7 nitrogen and oxygen atoms in total. The molecule has 0 fully saturated rings. The van der Waals surface area contributed by atoms with Crippen molar-refractivity contribution in [2.45, 2.75) is 20.0 Å². The molecule has 1 aliphatic heterocycles.